The van der Waals surface area contributed by atoms with Crippen LogP contribution in [0.3, 0.4) is 0 Å². The van der Waals surface area contributed by atoms with Crippen LogP contribution >= 0.6 is 0 Å². The van der Waals surface area contributed by atoms with E-state index in [2.05, 4.69) is 23.9 Å². The van der Waals surface area contributed by atoms with Gasteiger partial charge in [-0.15, -0.1) is 0 Å². The van der Waals surface area contributed by atoms with Crippen LogP contribution in [0.2, 0.25) is 0 Å². The molecule has 0 radical (unpaired) electrons. The lowest BCUT2D eigenvalue weighted by molar-refractivity contribution is 0.0521. The number of rotatable bonds is 8. The Morgan fingerprint density at radius 1 is 1.22 bits per heavy atom. The fourth-order valence-corrected chi connectivity index (χ4v) is 5.88. The maximum absolute atomic E-state index is 13.7. The van der Waals surface area contributed by atoms with Gasteiger partial charge in [0.25, 0.3) is 0 Å². The van der Waals surface area contributed by atoms with Crippen molar-refractivity contribution in [2.24, 2.45) is 0 Å². The maximum Gasteiger partial charge on any atom is 0.341 e. The molecule has 1 aromatic heterocycles. The van der Waals surface area contributed by atoms with Crippen LogP contribution < -0.4 is 0 Å². The van der Waals surface area contributed by atoms with E-state index in [-0.39, 0.29) is 23.1 Å². The molecule has 0 saturated carbocycles. The van der Waals surface area contributed by atoms with Gasteiger partial charge in [-0.3, -0.25) is 0 Å². The molecule has 154 valence electrons. The second kappa shape index (κ2) is 9.21. The smallest absolute Gasteiger partial charge is 0.341 e. The van der Waals surface area contributed by atoms with Crippen molar-refractivity contribution in [1.82, 2.24) is 14.2 Å². The zero-order chi connectivity index (χ0) is 20.2. The number of nitrogens with zero attached hydrogens (tertiary/aromatic N) is 2. The number of esters is 1. The molecule has 0 bridgehead atoms. The second-order valence-corrected chi connectivity index (χ2v) is 9.13. The van der Waals surface area contributed by atoms with Crippen LogP contribution in [-0.4, -0.2) is 67.9 Å². The predicted molar refractivity (Wildman–Crippen MR) is 106 cm³/mol. The van der Waals surface area contributed by atoms with Crippen molar-refractivity contribution in [3.63, 3.8) is 0 Å². The van der Waals surface area contributed by atoms with Gasteiger partial charge in [-0.2, -0.15) is 4.31 Å². The zero-order valence-electron chi connectivity index (χ0n) is 17.2. The highest BCUT2D eigenvalue weighted by molar-refractivity contribution is 7.89. The number of likely N-dealkylation sites (tertiary alicyclic amines) is 1. The van der Waals surface area contributed by atoms with E-state index in [0.29, 0.717) is 17.9 Å². The second-order valence-electron chi connectivity index (χ2n) is 7.30. The van der Waals surface area contributed by atoms with Crippen LogP contribution in [0, 0.1) is 13.8 Å². The quantitative estimate of drug-likeness (QED) is 0.680. The molecule has 0 amide bonds. The number of ether oxygens (including phenoxy) is 1. The van der Waals surface area contributed by atoms with Crippen molar-refractivity contribution in [2.75, 3.05) is 33.3 Å². The highest BCUT2D eigenvalue weighted by Gasteiger charge is 2.38. The Labute approximate surface area is 163 Å². The molecule has 1 aliphatic rings. The molecule has 0 aromatic carbocycles. The van der Waals surface area contributed by atoms with Gasteiger partial charge in [-0.1, -0.05) is 13.3 Å². The van der Waals surface area contributed by atoms with E-state index in [4.69, 9.17) is 4.74 Å². The molecular formula is C19H33N3O4S. The van der Waals surface area contributed by atoms with Crippen LogP contribution in [0.4, 0.5) is 0 Å². The number of carbonyl (C=O) groups is 1. The summed E-state index contributed by atoms with van der Waals surface area (Å²) in [7, 11) is -1.76. The van der Waals surface area contributed by atoms with Crippen molar-refractivity contribution < 1.29 is 17.9 Å². The van der Waals surface area contributed by atoms with Crippen molar-refractivity contribution in [3.8, 4) is 0 Å². The van der Waals surface area contributed by atoms with Crippen molar-refractivity contribution in [2.45, 2.75) is 64.3 Å². The van der Waals surface area contributed by atoms with Crippen molar-refractivity contribution in [3.05, 3.63) is 17.0 Å². The molecule has 0 spiro atoms. The minimum atomic E-state index is -3.81. The van der Waals surface area contributed by atoms with Gasteiger partial charge in [0.15, 0.2) is 0 Å². The zero-order valence-corrected chi connectivity index (χ0v) is 18.0. The summed E-state index contributed by atoms with van der Waals surface area (Å²) in [6, 6.07) is -0.0394. The summed E-state index contributed by atoms with van der Waals surface area (Å²) in [6.45, 7) is 9.61. The van der Waals surface area contributed by atoms with Crippen LogP contribution in [-0.2, 0) is 14.8 Å². The van der Waals surface area contributed by atoms with E-state index in [1.165, 1.54) is 0 Å². The average Bonchev–Trinajstić information content (AvgIpc) is 2.91. The molecule has 1 fully saturated rings. The van der Waals surface area contributed by atoms with E-state index in [1.807, 2.05) is 0 Å². The van der Waals surface area contributed by atoms with E-state index < -0.39 is 16.0 Å². The summed E-state index contributed by atoms with van der Waals surface area (Å²) in [5.74, 6) is -0.586. The first-order chi connectivity index (χ1) is 12.7. The van der Waals surface area contributed by atoms with Crippen LogP contribution in [0.25, 0.3) is 0 Å². The van der Waals surface area contributed by atoms with E-state index in [9.17, 15) is 13.2 Å². The summed E-state index contributed by atoms with van der Waals surface area (Å²) < 4.78 is 34.1. The number of H-pyrrole nitrogens is 1. The Bertz CT molecular complexity index is 749. The van der Waals surface area contributed by atoms with Gasteiger partial charge in [-0.05, 0) is 60.2 Å². The fraction of sp³-hybridized carbons (Fsp3) is 0.737. The highest BCUT2D eigenvalue weighted by atomic mass is 32.2. The first-order valence-corrected chi connectivity index (χ1v) is 11.2. The summed E-state index contributed by atoms with van der Waals surface area (Å²) in [6.07, 6.45) is 3.31. The minimum absolute atomic E-state index is 0.0394. The van der Waals surface area contributed by atoms with Crippen molar-refractivity contribution in [1.29, 1.82) is 0 Å². The Morgan fingerprint density at radius 2 is 1.85 bits per heavy atom. The predicted octanol–water partition coefficient (Wildman–Crippen LogP) is 2.69. The summed E-state index contributed by atoms with van der Waals surface area (Å²) >= 11 is 0. The number of hydrogen-bond donors (Lipinski definition) is 1. The van der Waals surface area contributed by atoms with Crippen LogP contribution in [0.15, 0.2) is 4.90 Å². The lowest BCUT2D eigenvalue weighted by Gasteiger charge is -2.36. The monoisotopic (exact) mass is 399 g/mol. The number of aromatic amines is 1. The molecule has 0 unspecified atom stereocenters. The van der Waals surface area contributed by atoms with Gasteiger partial charge in [0, 0.05) is 24.0 Å². The van der Waals surface area contributed by atoms with Gasteiger partial charge in [0.1, 0.15) is 10.5 Å². The largest absolute Gasteiger partial charge is 0.462 e. The molecule has 0 aliphatic carbocycles. The molecule has 1 aromatic rings. The first-order valence-electron chi connectivity index (χ1n) is 9.80. The molecule has 1 saturated heterocycles. The molecule has 8 heteroatoms. The topological polar surface area (TPSA) is 82.7 Å². The summed E-state index contributed by atoms with van der Waals surface area (Å²) in [5, 5.41) is 0. The third kappa shape index (κ3) is 4.73. The number of aryl methyl sites for hydroxylation is 2. The lowest BCUT2D eigenvalue weighted by Crippen LogP contribution is -2.47. The molecule has 2 heterocycles. The molecule has 1 N–H and O–H groups in total. The molecule has 0 atom stereocenters. The normalized spacial score (nSPS) is 16.8. The minimum Gasteiger partial charge on any atom is -0.462 e. The lowest BCUT2D eigenvalue weighted by atomic mass is 10.1. The molecule has 7 nitrogen and oxygen atoms in total. The van der Waals surface area contributed by atoms with E-state index >= 15 is 0 Å². The van der Waals surface area contributed by atoms with Crippen molar-refractivity contribution >= 4 is 16.0 Å². The molecule has 1 aliphatic heterocycles. The number of carbonyl (C=O) groups excluding carboxylic acids is 1. The Balaban J connectivity index is 2.48. The summed E-state index contributed by atoms with van der Waals surface area (Å²) in [5.41, 5.74) is 1.16. The van der Waals surface area contributed by atoms with E-state index in [1.54, 1.807) is 25.1 Å². The third-order valence-electron chi connectivity index (χ3n) is 5.19. The maximum atomic E-state index is 13.7. The first kappa shape index (κ1) is 21.9. The number of sulfonamides is 1. The number of nitrogens with one attached hydrogen (secondary N) is 1. The number of hydrogen-bond acceptors (Lipinski definition) is 5. The Morgan fingerprint density at radius 3 is 2.41 bits per heavy atom. The van der Waals surface area contributed by atoms with Gasteiger partial charge in [-0.25, -0.2) is 13.2 Å². The van der Waals surface area contributed by atoms with Crippen LogP contribution in [0.5, 0.6) is 0 Å². The number of aromatic nitrogens is 1. The molecular weight excluding hydrogens is 366 g/mol. The Kier molecular flexibility index (Phi) is 7.47. The Hall–Kier alpha value is -1.38. The molecule has 2 rings (SSSR count). The van der Waals surface area contributed by atoms with Gasteiger partial charge < -0.3 is 14.6 Å². The molecule has 27 heavy (non-hydrogen) atoms. The highest BCUT2D eigenvalue weighted by Crippen LogP contribution is 2.31. The average molecular weight is 400 g/mol. The number of unbranched alkanes of at least 4 members (excludes halogenated alkanes) is 1. The van der Waals surface area contributed by atoms with Gasteiger partial charge >= 0.3 is 5.97 Å². The standard InChI is InChI=1S/C19H33N3O4S/c1-6-8-11-22(16-9-12-21(5)13-10-16)27(24,25)18-15(4)20-14(3)17(18)19(23)26-7-2/h16,20H,6-13H2,1-5H3. The number of piperidine rings is 1. The van der Waals surface area contributed by atoms with Gasteiger partial charge in [0.2, 0.25) is 10.0 Å². The SMILES string of the molecule is CCCCN(C1CCN(C)CC1)S(=O)(=O)c1c(C)[nH]c(C)c1C(=O)OCC. The third-order valence-corrected chi connectivity index (χ3v) is 7.32. The van der Waals surface area contributed by atoms with Crippen LogP contribution in [0.1, 0.15) is 61.3 Å². The fourth-order valence-electron chi connectivity index (χ4n) is 3.74. The van der Waals surface area contributed by atoms with Gasteiger partial charge in [0.05, 0.1) is 6.61 Å². The summed E-state index contributed by atoms with van der Waals surface area (Å²) in [4.78, 5) is 17.8. The van der Waals surface area contributed by atoms with E-state index in [0.717, 1.165) is 38.8 Å².